The van der Waals surface area contributed by atoms with Gasteiger partial charge in [-0.25, -0.2) is 9.98 Å². The van der Waals surface area contributed by atoms with Crippen LogP contribution in [-0.4, -0.2) is 60.6 Å². The van der Waals surface area contributed by atoms with Crippen LogP contribution in [-0.2, 0) is 6.54 Å². The maximum absolute atomic E-state index is 4.90. The van der Waals surface area contributed by atoms with Crippen LogP contribution in [0.5, 0.6) is 0 Å². The third-order valence-corrected chi connectivity index (χ3v) is 5.70. The number of nitrogens with one attached hydrogen (secondary N) is 1. The Kier molecular flexibility index (Phi) is 9.92. The molecular formula is C18H32IN5S. The lowest BCUT2D eigenvalue weighted by Gasteiger charge is -2.36. The van der Waals surface area contributed by atoms with Crippen LogP contribution >= 0.6 is 35.7 Å². The van der Waals surface area contributed by atoms with Crippen molar-refractivity contribution in [1.82, 2.24) is 15.2 Å². The van der Waals surface area contributed by atoms with Crippen molar-refractivity contribution in [3.8, 4) is 0 Å². The Morgan fingerprint density at radius 3 is 2.88 bits per heavy atom. The molecule has 0 spiro atoms. The van der Waals surface area contributed by atoms with E-state index in [1.165, 1.54) is 5.75 Å². The lowest BCUT2D eigenvalue weighted by molar-refractivity contribution is 0.381. The topological polar surface area (TPSA) is 43.8 Å². The van der Waals surface area contributed by atoms with Gasteiger partial charge in [0.15, 0.2) is 5.96 Å². The number of anilines is 1. The molecule has 5 nitrogen and oxygen atoms in total. The average Bonchev–Trinajstić information content (AvgIpc) is 2.58. The van der Waals surface area contributed by atoms with Crippen molar-refractivity contribution in [2.24, 2.45) is 10.9 Å². The first-order valence-electron chi connectivity index (χ1n) is 8.79. The Morgan fingerprint density at radius 2 is 2.24 bits per heavy atom. The van der Waals surface area contributed by atoms with Crippen LogP contribution in [0.4, 0.5) is 5.82 Å². The van der Waals surface area contributed by atoms with Crippen LogP contribution in [0, 0.1) is 5.92 Å². The molecule has 1 fully saturated rings. The van der Waals surface area contributed by atoms with E-state index >= 15 is 0 Å². The normalized spacial score (nSPS) is 18.1. The van der Waals surface area contributed by atoms with Crippen molar-refractivity contribution < 1.29 is 0 Å². The first kappa shape index (κ1) is 22.3. The maximum Gasteiger partial charge on any atom is 0.194 e. The summed E-state index contributed by atoms with van der Waals surface area (Å²) in [5.41, 5.74) is 1.16. The minimum Gasteiger partial charge on any atom is -0.362 e. The van der Waals surface area contributed by atoms with Crippen molar-refractivity contribution in [1.29, 1.82) is 0 Å². The van der Waals surface area contributed by atoms with Crippen molar-refractivity contribution in [2.75, 3.05) is 44.4 Å². The number of rotatable bonds is 5. The predicted molar refractivity (Wildman–Crippen MR) is 121 cm³/mol. The fourth-order valence-corrected chi connectivity index (χ4v) is 4.11. The van der Waals surface area contributed by atoms with E-state index in [2.05, 4.69) is 53.8 Å². The molecule has 0 aromatic carbocycles. The van der Waals surface area contributed by atoms with Crippen LogP contribution in [0.25, 0.3) is 0 Å². The van der Waals surface area contributed by atoms with Gasteiger partial charge in [0.05, 0.1) is 6.54 Å². The molecule has 0 radical (unpaired) electrons. The van der Waals surface area contributed by atoms with Gasteiger partial charge in [0.25, 0.3) is 0 Å². The van der Waals surface area contributed by atoms with Crippen molar-refractivity contribution >= 4 is 47.5 Å². The molecule has 2 heterocycles. The van der Waals surface area contributed by atoms with Crippen LogP contribution in [0.15, 0.2) is 23.3 Å². The SMILES string of the molecule is CCNC(=NCc1cccnc1N(C)C)N1CCSC(C(C)C)C1.I. The molecule has 1 aromatic rings. The van der Waals surface area contributed by atoms with Crippen LogP contribution < -0.4 is 10.2 Å². The van der Waals surface area contributed by atoms with E-state index in [0.29, 0.717) is 17.7 Å². The first-order valence-corrected chi connectivity index (χ1v) is 9.83. The molecule has 1 atom stereocenters. The smallest absolute Gasteiger partial charge is 0.194 e. The Bertz CT molecular complexity index is 550. The zero-order valence-corrected chi connectivity index (χ0v) is 19.2. The molecule has 0 amide bonds. The molecule has 2 rings (SSSR count). The summed E-state index contributed by atoms with van der Waals surface area (Å²) in [6, 6.07) is 4.09. The quantitative estimate of drug-likeness (QED) is 0.401. The number of aromatic nitrogens is 1. The Hall–Kier alpha value is -0.700. The van der Waals surface area contributed by atoms with Gasteiger partial charge in [-0.1, -0.05) is 19.9 Å². The van der Waals surface area contributed by atoms with Crippen molar-refractivity contribution in [3.63, 3.8) is 0 Å². The second-order valence-electron chi connectivity index (χ2n) is 6.65. The van der Waals surface area contributed by atoms with Crippen LogP contribution in [0.2, 0.25) is 0 Å². The number of thioether (sulfide) groups is 1. The minimum atomic E-state index is 0. The fraction of sp³-hybridized carbons (Fsp3) is 0.667. The summed E-state index contributed by atoms with van der Waals surface area (Å²) in [7, 11) is 4.05. The average molecular weight is 477 g/mol. The summed E-state index contributed by atoms with van der Waals surface area (Å²) in [6.45, 7) is 10.4. The van der Waals surface area contributed by atoms with E-state index in [0.717, 1.165) is 37.0 Å². The number of guanidine groups is 1. The molecule has 1 aliphatic heterocycles. The molecule has 1 unspecified atom stereocenters. The van der Waals surface area contributed by atoms with Gasteiger partial charge in [-0.15, -0.1) is 24.0 Å². The van der Waals surface area contributed by atoms with Gasteiger partial charge >= 0.3 is 0 Å². The van der Waals surface area contributed by atoms with Gasteiger partial charge in [-0.3, -0.25) is 0 Å². The molecule has 0 bridgehead atoms. The minimum absolute atomic E-state index is 0. The highest BCUT2D eigenvalue weighted by atomic mass is 127. The van der Waals surface area contributed by atoms with E-state index in [-0.39, 0.29) is 24.0 Å². The summed E-state index contributed by atoms with van der Waals surface area (Å²) in [6.07, 6.45) is 1.84. The van der Waals surface area contributed by atoms with Crippen LogP contribution in [0.3, 0.4) is 0 Å². The molecule has 1 N–H and O–H groups in total. The number of halogens is 1. The van der Waals surface area contributed by atoms with Crippen molar-refractivity contribution in [3.05, 3.63) is 23.9 Å². The van der Waals surface area contributed by atoms with Crippen LogP contribution in [0.1, 0.15) is 26.3 Å². The molecule has 1 saturated heterocycles. The van der Waals surface area contributed by atoms with E-state index in [1.807, 2.05) is 31.3 Å². The van der Waals surface area contributed by atoms with E-state index in [1.54, 1.807) is 0 Å². The number of hydrogen-bond donors (Lipinski definition) is 1. The standard InChI is InChI=1S/C18H31N5S.HI/c1-6-19-18(23-10-11-24-16(13-23)14(2)3)21-12-15-8-7-9-20-17(15)22(4)5;/h7-9,14,16H,6,10-13H2,1-5H3,(H,19,21);1H. The lowest BCUT2D eigenvalue weighted by atomic mass is 10.1. The Morgan fingerprint density at radius 1 is 1.48 bits per heavy atom. The van der Waals surface area contributed by atoms with E-state index in [4.69, 9.17) is 4.99 Å². The highest BCUT2D eigenvalue weighted by Crippen LogP contribution is 2.25. The first-order chi connectivity index (χ1) is 11.5. The maximum atomic E-state index is 4.90. The third-order valence-electron chi connectivity index (χ3n) is 4.16. The predicted octanol–water partition coefficient (Wildman–Crippen LogP) is 3.30. The monoisotopic (exact) mass is 477 g/mol. The molecule has 0 saturated carbocycles. The molecule has 1 aromatic heterocycles. The largest absolute Gasteiger partial charge is 0.362 e. The van der Waals surface area contributed by atoms with Gasteiger partial charge in [0.1, 0.15) is 5.82 Å². The van der Waals surface area contributed by atoms with E-state index < -0.39 is 0 Å². The van der Waals surface area contributed by atoms with Gasteiger partial charge in [0, 0.05) is 56.5 Å². The number of hydrogen-bond acceptors (Lipinski definition) is 4. The number of nitrogens with zero attached hydrogens (tertiary/aromatic N) is 4. The summed E-state index contributed by atoms with van der Waals surface area (Å²) in [4.78, 5) is 13.8. The van der Waals surface area contributed by atoms with Gasteiger partial charge in [-0.2, -0.15) is 11.8 Å². The number of aliphatic imine (C=N–C) groups is 1. The van der Waals surface area contributed by atoms with E-state index in [9.17, 15) is 0 Å². The van der Waals surface area contributed by atoms with Gasteiger partial charge in [-0.05, 0) is 18.9 Å². The zero-order valence-electron chi connectivity index (χ0n) is 16.0. The second kappa shape index (κ2) is 11.1. The Labute approximate surface area is 174 Å². The summed E-state index contributed by atoms with van der Waals surface area (Å²) < 4.78 is 0. The zero-order chi connectivity index (χ0) is 17.5. The highest BCUT2D eigenvalue weighted by Gasteiger charge is 2.24. The van der Waals surface area contributed by atoms with Gasteiger partial charge in [0.2, 0.25) is 0 Å². The molecule has 25 heavy (non-hydrogen) atoms. The highest BCUT2D eigenvalue weighted by molar-refractivity contribution is 14.0. The molecular weight excluding hydrogens is 445 g/mol. The third kappa shape index (κ3) is 6.51. The van der Waals surface area contributed by atoms with Crippen molar-refractivity contribution in [2.45, 2.75) is 32.6 Å². The summed E-state index contributed by atoms with van der Waals surface area (Å²) in [5.74, 6) is 3.88. The molecule has 7 heteroatoms. The number of pyridine rings is 1. The Balaban J connectivity index is 0.00000312. The molecule has 1 aliphatic rings. The lowest BCUT2D eigenvalue weighted by Crippen LogP contribution is -2.49. The second-order valence-corrected chi connectivity index (χ2v) is 8.00. The summed E-state index contributed by atoms with van der Waals surface area (Å²) >= 11 is 2.09. The van der Waals surface area contributed by atoms with Gasteiger partial charge < -0.3 is 15.1 Å². The molecule has 142 valence electrons. The summed E-state index contributed by atoms with van der Waals surface area (Å²) in [5, 5.41) is 4.14. The molecule has 0 aliphatic carbocycles. The fourth-order valence-electron chi connectivity index (χ4n) is 2.81.